The summed E-state index contributed by atoms with van der Waals surface area (Å²) in [6, 6.07) is 7.24. The summed E-state index contributed by atoms with van der Waals surface area (Å²) >= 11 is 0. The van der Waals surface area contributed by atoms with Crippen molar-refractivity contribution in [3.63, 3.8) is 0 Å². The molecule has 0 aliphatic heterocycles. The first-order chi connectivity index (χ1) is 9.96. The van der Waals surface area contributed by atoms with Gasteiger partial charge in [-0.2, -0.15) is 0 Å². The number of hydrogen-bond donors (Lipinski definition) is 2. The topological polar surface area (TPSA) is 76.7 Å². The van der Waals surface area contributed by atoms with Gasteiger partial charge in [0.25, 0.3) is 0 Å². The van der Waals surface area contributed by atoms with Gasteiger partial charge in [-0.25, -0.2) is 9.79 Å². The number of esters is 1. The molecular formula is C17H28IN3O2. The maximum absolute atomic E-state index is 12.0. The van der Waals surface area contributed by atoms with Crippen molar-refractivity contribution in [2.45, 2.75) is 59.2 Å². The molecule has 0 bridgehead atoms. The molecule has 1 rings (SSSR count). The highest BCUT2D eigenvalue weighted by molar-refractivity contribution is 14.0. The van der Waals surface area contributed by atoms with Gasteiger partial charge in [0.05, 0.1) is 12.1 Å². The molecule has 0 unspecified atom stereocenters. The third kappa shape index (κ3) is 9.43. The van der Waals surface area contributed by atoms with Crippen LogP contribution in [0, 0.1) is 0 Å². The molecule has 6 heteroatoms. The van der Waals surface area contributed by atoms with Crippen molar-refractivity contribution in [3.8, 4) is 0 Å². The highest BCUT2D eigenvalue weighted by Gasteiger charge is 2.17. The van der Waals surface area contributed by atoms with E-state index in [1.54, 1.807) is 12.1 Å². The number of benzene rings is 1. The lowest BCUT2D eigenvalue weighted by molar-refractivity contribution is 0.00694. The fourth-order valence-corrected chi connectivity index (χ4v) is 1.73. The summed E-state index contributed by atoms with van der Waals surface area (Å²) < 4.78 is 5.36. The van der Waals surface area contributed by atoms with Gasteiger partial charge in [0, 0.05) is 5.54 Å². The van der Waals surface area contributed by atoms with E-state index in [4.69, 9.17) is 10.5 Å². The molecule has 0 spiro atoms. The standard InChI is InChI=1S/C17H27N3O2.HI/c1-16(2,3)20-15(18)19-11-12-8-7-9-13(10-12)14(21)22-17(4,5)6;/h7-10H,11H2,1-6H3,(H3,18,19,20);1H. The Morgan fingerprint density at radius 2 is 1.83 bits per heavy atom. The maximum atomic E-state index is 12.0. The summed E-state index contributed by atoms with van der Waals surface area (Å²) in [7, 11) is 0. The number of carbonyl (C=O) groups is 1. The minimum absolute atomic E-state index is 0. The molecule has 3 N–H and O–H groups in total. The fraction of sp³-hybridized carbons (Fsp3) is 0.529. The molecule has 0 saturated heterocycles. The van der Waals surface area contributed by atoms with Crippen molar-refractivity contribution in [2.75, 3.05) is 0 Å². The van der Waals surface area contributed by atoms with Crippen LogP contribution < -0.4 is 11.1 Å². The largest absolute Gasteiger partial charge is 0.456 e. The molecule has 23 heavy (non-hydrogen) atoms. The number of aliphatic imine (C=N–C) groups is 1. The number of guanidine groups is 1. The predicted octanol–water partition coefficient (Wildman–Crippen LogP) is 3.46. The van der Waals surface area contributed by atoms with Crippen LogP contribution in [0.4, 0.5) is 0 Å². The number of halogens is 1. The van der Waals surface area contributed by atoms with Gasteiger partial charge in [-0.3, -0.25) is 0 Å². The summed E-state index contributed by atoms with van der Waals surface area (Å²) in [6.45, 7) is 12.0. The molecule has 0 radical (unpaired) electrons. The normalized spacial score (nSPS) is 12.3. The zero-order chi connectivity index (χ0) is 17.0. The summed E-state index contributed by atoms with van der Waals surface area (Å²) in [5.41, 5.74) is 6.62. The number of nitrogens with two attached hydrogens (primary N) is 1. The molecule has 0 fully saturated rings. The molecule has 5 nitrogen and oxygen atoms in total. The Morgan fingerprint density at radius 3 is 2.35 bits per heavy atom. The Kier molecular flexibility index (Phi) is 8.03. The first kappa shape index (κ1) is 21.7. The van der Waals surface area contributed by atoms with Crippen molar-refractivity contribution >= 4 is 35.9 Å². The third-order valence-corrected chi connectivity index (χ3v) is 2.50. The van der Waals surface area contributed by atoms with Gasteiger partial charge in [0.2, 0.25) is 0 Å². The Bertz CT molecular complexity index is 558. The van der Waals surface area contributed by atoms with Crippen molar-refractivity contribution < 1.29 is 9.53 Å². The molecule has 0 atom stereocenters. The smallest absolute Gasteiger partial charge is 0.338 e. The molecule has 1 aromatic carbocycles. The third-order valence-electron chi connectivity index (χ3n) is 2.50. The predicted molar refractivity (Wildman–Crippen MR) is 105 cm³/mol. The van der Waals surface area contributed by atoms with Crippen LogP contribution in [0.5, 0.6) is 0 Å². The molecule has 1 aromatic rings. The van der Waals surface area contributed by atoms with E-state index in [0.717, 1.165) is 5.56 Å². The maximum Gasteiger partial charge on any atom is 0.338 e. The average molecular weight is 433 g/mol. The van der Waals surface area contributed by atoms with E-state index in [0.29, 0.717) is 18.1 Å². The molecular weight excluding hydrogens is 405 g/mol. The Morgan fingerprint density at radius 1 is 1.22 bits per heavy atom. The highest BCUT2D eigenvalue weighted by atomic mass is 127. The van der Waals surface area contributed by atoms with Crippen LogP contribution in [-0.2, 0) is 11.3 Å². The fourth-order valence-electron chi connectivity index (χ4n) is 1.73. The van der Waals surface area contributed by atoms with Crippen molar-refractivity contribution in [1.29, 1.82) is 0 Å². The highest BCUT2D eigenvalue weighted by Crippen LogP contribution is 2.14. The number of ether oxygens (including phenoxy) is 1. The number of rotatable bonds is 3. The SMILES string of the molecule is CC(C)(C)NC(N)=NCc1cccc(C(=O)OC(C)(C)C)c1.I. The quantitative estimate of drug-likeness (QED) is 0.331. The number of nitrogens with one attached hydrogen (secondary N) is 1. The van der Waals surface area contributed by atoms with Gasteiger partial charge in [-0.1, -0.05) is 12.1 Å². The van der Waals surface area contributed by atoms with E-state index in [2.05, 4.69) is 10.3 Å². The summed E-state index contributed by atoms with van der Waals surface area (Å²) in [5, 5.41) is 3.09. The van der Waals surface area contributed by atoms with Crippen LogP contribution in [0.2, 0.25) is 0 Å². The molecule has 130 valence electrons. The van der Waals surface area contributed by atoms with Gasteiger partial charge >= 0.3 is 5.97 Å². The van der Waals surface area contributed by atoms with E-state index >= 15 is 0 Å². The Labute approximate surface area is 156 Å². The molecule has 0 aromatic heterocycles. The molecule has 0 amide bonds. The van der Waals surface area contributed by atoms with Crippen molar-refractivity contribution in [1.82, 2.24) is 5.32 Å². The molecule has 0 saturated carbocycles. The van der Waals surface area contributed by atoms with Crippen LogP contribution in [0.3, 0.4) is 0 Å². The lowest BCUT2D eigenvalue weighted by Crippen LogP contribution is -2.44. The summed E-state index contributed by atoms with van der Waals surface area (Å²) in [5.74, 6) is 0.0503. The van der Waals surface area contributed by atoms with E-state index in [9.17, 15) is 4.79 Å². The second-order valence-electron chi connectivity index (χ2n) is 7.28. The second kappa shape index (κ2) is 8.52. The van der Waals surface area contributed by atoms with Crippen LogP contribution in [-0.4, -0.2) is 23.1 Å². The lowest BCUT2D eigenvalue weighted by atomic mass is 10.1. The van der Waals surface area contributed by atoms with Crippen LogP contribution in [0.25, 0.3) is 0 Å². The van der Waals surface area contributed by atoms with Crippen LogP contribution in [0.1, 0.15) is 57.5 Å². The first-order valence-corrected chi connectivity index (χ1v) is 7.37. The molecule has 0 heterocycles. The van der Waals surface area contributed by atoms with E-state index in [1.807, 2.05) is 53.7 Å². The summed E-state index contributed by atoms with van der Waals surface area (Å²) in [6.07, 6.45) is 0. The number of hydrogen-bond acceptors (Lipinski definition) is 3. The van der Waals surface area contributed by atoms with Crippen LogP contribution in [0.15, 0.2) is 29.3 Å². The van der Waals surface area contributed by atoms with E-state index < -0.39 is 5.60 Å². The average Bonchev–Trinajstić information content (AvgIpc) is 2.32. The lowest BCUT2D eigenvalue weighted by Gasteiger charge is -2.21. The summed E-state index contributed by atoms with van der Waals surface area (Å²) in [4.78, 5) is 16.3. The van der Waals surface area contributed by atoms with E-state index in [-0.39, 0.29) is 35.5 Å². The van der Waals surface area contributed by atoms with Gasteiger partial charge in [-0.15, -0.1) is 24.0 Å². The first-order valence-electron chi connectivity index (χ1n) is 7.37. The van der Waals surface area contributed by atoms with E-state index in [1.165, 1.54) is 0 Å². The zero-order valence-electron chi connectivity index (χ0n) is 14.8. The van der Waals surface area contributed by atoms with Crippen molar-refractivity contribution in [3.05, 3.63) is 35.4 Å². The van der Waals surface area contributed by atoms with Gasteiger partial charge in [0.15, 0.2) is 5.96 Å². The van der Waals surface area contributed by atoms with Crippen LogP contribution >= 0.6 is 24.0 Å². The Hall–Kier alpha value is -1.31. The zero-order valence-corrected chi connectivity index (χ0v) is 17.1. The molecule has 0 aliphatic rings. The van der Waals surface area contributed by atoms with Gasteiger partial charge in [-0.05, 0) is 59.2 Å². The van der Waals surface area contributed by atoms with Crippen molar-refractivity contribution in [2.24, 2.45) is 10.7 Å². The second-order valence-corrected chi connectivity index (χ2v) is 7.28. The molecule has 0 aliphatic carbocycles. The minimum atomic E-state index is -0.508. The van der Waals surface area contributed by atoms with Gasteiger partial charge < -0.3 is 15.8 Å². The minimum Gasteiger partial charge on any atom is -0.456 e. The Balaban J connectivity index is 0.00000484. The van der Waals surface area contributed by atoms with Gasteiger partial charge in [0.1, 0.15) is 5.60 Å². The number of nitrogens with zero attached hydrogens (tertiary/aromatic N) is 1. The monoisotopic (exact) mass is 433 g/mol. The number of carbonyl (C=O) groups excluding carboxylic acids is 1.